The van der Waals surface area contributed by atoms with Crippen molar-refractivity contribution in [1.82, 2.24) is 10.2 Å². The van der Waals surface area contributed by atoms with Gasteiger partial charge in [0.2, 0.25) is 0 Å². The number of nitrogens with zero attached hydrogens (tertiary/aromatic N) is 1. The van der Waals surface area contributed by atoms with E-state index in [1.165, 1.54) is 0 Å². The Balaban J connectivity index is 0.000000480. The fourth-order valence-corrected chi connectivity index (χ4v) is 2.90. The number of likely N-dealkylation sites (tertiary alicyclic amines) is 1. The molecule has 1 heterocycles. The number of nitrogens with one attached hydrogen (secondary N) is 1. The zero-order chi connectivity index (χ0) is 21.5. The van der Waals surface area contributed by atoms with E-state index in [0.717, 1.165) is 13.1 Å². The number of benzene rings is 1. The van der Waals surface area contributed by atoms with Crippen LogP contribution in [-0.4, -0.2) is 70.1 Å². The van der Waals surface area contributed by atoms with Crippen molar-refractivity contribution in [3.63, 3.8) is 0 Å². The molecule has 0 radical (unpaired) electrons. The van der Waals surface area contributed by atoms with Crippen LogP contribution in [0.4, 0.5) is 13.2 Å². The van der Waals surface area contributed by atoms with Crippen molar-refractivity contribution in [1.29, 1.82) is 0 Å². The largest absolute Gasteiger partial charge is 0.490 e. The number of carbonyl (C=O) groups excluding carboxylic acids is 1. The van der Waals surface area contributed by atoms with E-state index in [0.29, 0.717) is 18.4 Å². The standard InChI is InChI=1S/C15H20N2O3S.C2HF3O2/c1-17-9-7-15(21,8-10-17)12(14(19)20)16-13(18)11-5-3-2-4-6-11;3-2(4,5)1(6)7/h2-6,12,21H,7-10H2,1H3,(H,16,18)(H,19,20);(H,6,7)/t12-;/m1./s1. The molecule has 1 atom stereocenters. The summed E-state index contributed by atoms with van der Waals surface area (Å²) in [6.45, 7) is 1.54. The number of carboxylic acid groups (broad SMARTS) is 2. The lowest BCUT2D eigenvalue weighted by Gasteiger charge is -2.40. The molecule has 1 aliphatic rings. The van der Waals surface area contributed by atoms with Crippen molar-refractivity contribution in [3.8, 4) is 0 Å². The monoisotopic (exact) mass is 422 g/mol. The molecule has 2 rings (SSSR count). The van der Waals surface area contributed by atoms with Gasteiger partial charge in [-0.2, -0.15) is 25.8 Å². The highest BCUT2D eigenvalue weighted by atomic mass is 32.1. The highest BCUT2D eigenvalue weighted by Gasteiger charge is 2.43. The van der Waals surface area contributed by atoms with Gasteiger partial charge >= 0.3 is 18.1 Å². The number of piperidine rings is 1. The van der Waals surface area contributed by atoms with E-state index in [4.69, 9.17) is 9.90 Å². The molecule has 1 aromatic carbocycles. The van der Waals surface area contributed by atoms with Gasteiger partial charge in [0.1, 0.15) is 6.04 Å². The smallest absolute Gasteiger partial charge is 0.480 e. The maximum atomic E-state index is 12.2. The fourth-order valence-electron chi connectivity index (χ4n) is 2.52. The van der Waals surface area contributed by atoms with Crippen molar-refractivity contribution in [2.24, 2.45) is 0 Å². The topological polar surface area (TPSA) is 107 Å². The van der Waals surface area contributed by atoms with Crippen LogP contribution in [0.15, 0.2) is 30.3 Å². The van der Waals surface area contributed by atoms with Gasteiger partial charge in [-0.1, -0.05) is 18.2 Å². The molecule has 11 heteroatoms. The summed E-state index contributed by atoms with van der Waals surface area (Å²) in [7, 11) is 1.99. The predicted molar refractivity (Wildman–Crippen MR) is 97.5 cm³/mol. The van der Waals surface area contributed by atoms with E-state index < -0.39 is 28.9 Å². The molecule has 7 nitrogen and oxygen atoms in total. The summed E-state index contributed by atoms with van der Waals surface area (Å²) in [5.41, 5.74) is 0.452. The number of carbonyl (C=O) groups is 3. The quantitative estimate of drug-likeness (QED) is 0.552. The Morgan fingerprint density at radius 2 is 1.61 bits per heavy atom. The molecule has 28 heavy (non-hydrogen) atoms. The third-order valence-corrected chi connectivity index (χ3v) is 4.90. The average molecular weight is 422 g/mol. The second-order valence-corrected chi connectivity index (χ2v) is 7.21. The zero-order valence-electron chi connectivity index (χ0n) is 14.9. The van der Waals surface area contributed by atoms with E-state index in [1.54, 1.807) is 24.3 Å². The minimum absolute atomic E-state index is 0.379. The van der Waals surface area contributed by atoms with Crippen LogP contribution in [0.3, 0.4) is 0 Å². The van der Waals surface area contributed by atoms with Gasteiger partial charge in [0, 0.05) is 10.3 Å². The van der Waals surface area contributed by atoms with Gasteiger partial charge in [0.05, 0.1) is 0 Å². The van der Waals surface area contributed by atoms with Gasteiger partial charge in [-0.3, -0.25) is 4.79 Å². The molecule has 1 aromatic rings. The van der Waals surface area contributed by atoms with Gasteiger partial charge in [-0.05, 0) is 45.1 Å². The highest BCUT2D eigenvalue weighted by Crippen LogP contribution is 2.32. The Kier molecular flexibility index (Phi) is 8.30. The normalized spacial score (nSPS) is 17.6. The number of aliphatic carboxylic acids is 2. The molecule has 0 aromatic heterocycles. The van der Waals surface area contributed by atoms with Gasteiger partial charge in [0.15, 0.2) is 0 Å². The lowest BCUT2D eigenvalue weighted by molar-refractivity contribution is -0.192. The van der Waals surface area contributed by atoms with Crippen LogP contribution in [0, 0.1) is 0 Å². The second-order valence-electron chi connectivity index (χ2n) is 6.32. The van der Waals surface area contributed by atoms with Crippen molar-refractivity contribution < 1.29 is 37.8 Å². The Morgan fingerprint density at radius 1 is 1.14 bits per heavy atom. The van der Waals surface area contributed by atoms with Crippen LogP contribution < -0.4 is 5.32 Å². The molecule has 1 fully saturated rings. The molecule has 0 aliphatic carbocycles. The second kappa shape index (κ2) is 9.78. The number of amides is 1. The molecule has 1 saturated heterocycles. The lowest BCUT2D eigenvalue weighted by Crippen LogP contribution is -2.57. The third-order valence-electron chi connectivity index (χ3n) is 4.19. The summed E-state index contributed by atoms with van der Waals surface area (Å²) in [5.74, 6) is -4.18. The Hall–Kier alpha value is -2.27. The number of carboxylic acids is 2. The third kappa shape index (κ3) is 7.04. The predicted octanol–water partition coefficient (Wildman–Crippen LogP) is 1.90. The number of alkyl halides is 3. The van der Waals surface area contributed by atoms with Crippen molar-refractivity contribution in [2.45, 2.75) is 29.8 Å². The first-order chi connectivity index (χ1) is 12.9. The van der Waals surface area contributed by atoms with Crippen LogP contribution >= 0.6 is 12.6 Å². The number of hydrogen-bond donors (Lipinski definition) is 4. The Morgan fingerprint density at radius 3 is 2.00 bits per heavy atom. The lowest BCUT2D eigenvalue weighted by atomic mass is 9.88. The summed E-state index contributed by atoms with van der Waals surface area (Å²) < 4.78 is 31.0. The molecule has 0 saturated carbocycles. The van der Waals surface area contributed by atoms with Crippen LogP contribution in [0.25, 0.3) is 0 Å². The molecule has 1 amide bonds. The van der Waals surface area contributed by atoms with Gasteiger partial charge < -0.3 is 20.4 Å². The molecular formula is C17H21F3N2O5S. The Bertz CT molecular complexity index is 692. The maximum absolute atomic E-state index is 12.2. The van der Waals surface area contributed by atoms with E-state index in [1.807, 2.05) is 13.1 Å². The van der Waals surface area contributed by atoms with Crippen LogP contribution in [0.5, 0.6) is 0 Å². The SMILES string of the molecule is CN1CCC(S)([C@H](NC(=O)c2ccccc2)C(=O)O)CC1.O=C(O)C(F)(F)F. The number of thiol groups is 1. The van der Waals surface area contributed by atoms with Crippen LogP contribution in [0.2, 0.25) is 0 Å². The molecule has 1 aliphatic heterocycles. The van der Waals surface area contributed by atoms with E-state index in [-0.39, 0.29) is 5.91 Å². The summed E-state index contributed by atoms with van der Waals surface area (Å²) in [5, 5.41) is 19.2. The van der Waals surface area contributed by atoms with Crippen LogP contribution in [-0.2, 0) is 9.59 Å². The molecule has 0 unspecified atom stereocenters. The number of halogens is 3. The number of hydrogen-bond acceptors (Lipinski definition) is 5. The molecule has 156 valence electrons. The van der Waals surface area contributed by atoms with Gasteiger partial charge in [0.25, 0.3) is 5.91 Å². The van der Waals surface area contributed by atoms with Gasteiger partial charge in [-0.25, -0.2) is 9.59 Å². The summed E-state index contributed by atoms with van der Waals surface area (Å²) >= 11 is 4.59. The Labute approximate surface area is 164 Å². The maximum Gasteiger partial charge on any atom is 0.490 e. The van der Waals surface area contributed by atoms with E-state index >= 15 is 0 Å². The van der Waals surface area contributed by atoms with Crippen molar-refractivity contribution in [3.05, 3.63) is 35.9 Å². The fraction of sp³-hybridized carbons (Fsp3) is 0.471. The summed E-state index contributed by atoms with van der Waals surface area (Å²) in [6, 6.07) is 7.63. The number of rotatable bonds is 4. The van der Waals surface area contributed by atoms with E-state index in [9.17, 15) is 27.9 Å². The first-order valence-electron chi connectivity index (χ1n) is 8.16. The first-order valence-corrected chi connectivity index (χ1v) is 8.61. The molecular weight excluding hydrogens is 401 g/mol. The van der Waals surface area contributed by atoms with Crippen LogP contribution in [0.1, 0.15) is 23.2 Å². The minimum Gasteiger partial charge on any atom is -0.480 e. The first kappa shape index (κ1) is 23.8. The van der Waals surface area contributed by atoms with Crippen molar-refractivity contribution >= 4 is 30.5 Å². The van der Waals surface area contributed by atoms with Crippen molar-refractivity contribution in [2.75, 3.05) is 20.1 Å². The molecule has 0 spiro atoms. The average Bonchev–Trinajstić information content (AvgIpc) is 2.62. The summed E-state index contributed by atoms with van der Waals surface area (Å²) in [6.07, 6.45) is -3.84. The minimum atomic E-state index is -5.08. The molecule has 3 N–H and O–H groups in total. The zero-order valence-corrected chi connectivity index (χ0v) is 15.8. The molecule has 0 bridgehead atoms. The highest BCUT2D eigenvalue weighted by molar-refractivity contribution is 7.82. The van der Waals surface area contributed by atoms with Gasteiger partial charge in [-0.15, -0.1) is 0 Å². The summed E-state index contributed by atoms with van der Waals surface area (Å²) in [4.78, 5) is 34.8. The van der Waals surface area contributed by atoms with E-state index in [2.05, 4.69) is 22.8 Å².